The number of carbonyl (C=O) groups excluding carboxylic acids is 2. The van der Waals surface area contributed by atoms with Gasteiger partial charge >= 0.3 is 0 Å². The lowest BCUT2D eigenvalue weighted by molar-refractivity contribution is -0.127. The number of methoxy groups -OCH3 is 1. The first-order valence-corrected chi connectivity index (χ1v) is 8.44. The Labute approximate surface area is 155 Å². The van der Waals surface area contributed by atoms with Crippen LogP contribution < -0.4 is 11.1 Å². The first-order chi connectivity index (χ1) is 12.5. The highest BCUT2D eigenvalue weighted by Gasteiger charge is 2.26. The van der Waals surface area contributed by atoms with Gasteiger partial charge in [0, 0.05) is 20.7 Å². The number of carbonyl (C=O) groups is 2. The van der Waals surface area contributed by atoms with E-state index in [0.29, 0.717) is 18.1 Å². The maximum atomic E-state index is 11.3. The molecule has 1 aromatic heterocycles. The molecule has 2 heterocycles. The Morgan fingerprint density at radius 1 is 1.58 bits per heavy atom. The summed E-state index contributed by atoms with van der Waals surface area (Å²) in [6.07, 6.45) is 8.59. The van der Waals surface area contributed by atoms with E-state index in [4.69, 9.17) is 16.9 Å². The van der Waals surface area contributed by atoms with Crippen molar-refractivity contribution in [1.82, 2.24) is 15.1 Å². The number of nitrogens with two attached hydrogens (primary N) is 1. The van der Waals surface area contributed by atoms with Crippen LogP contribution in [0.25, 0.3) is 0 Å². The van der Waals surface area contributed by atoms with E-state index in [1.54, 1.807) is 14.2 Å². The van der Waals surface area contributed by atoms with E-state index in [2.05, 4.69) is 28.0 Å². The van der Waals surface area contributed by atoms with E-state index in [-0.39, 0.29) is 17.5 Å². The van der Waals surface area contributed by atoms with E-state index in [1.807, 2.05) is 18.7 Å². The second-order valence-corrected chi connectivity index (χ2v) is 5.07. The molecule has 0 saturated carbocycles. The van der Waals surface area contributed by atoms with Gasteiger partial charge < -0.3 is 20.7 Å². The molecule has 8 nitrogen and oxygen atoms in total. The quantitative estimate of drug-likeness (QED) is 0.540. The number of ether oxygens (including phenoxy) is 1. The van der Waals surface area contributed by atoms with Crippen LogP contribution in [0.3, 0.4) is 0 Å². The molecule has 2 amide bonds. The largest absolute Gasteiger partial charge is 0.383 e. The van der Waals surface area contributed by atoms with E-state index in [9.17, 15) is 9.59 Å². The number of hydrogen-bond donors (Lipinski definition) is 3. The number of likely N-dealkylation sites (tertiary alicyclic amines) is 1. The van der Waals surface area contributed by atoms with Crippen molar-refractivity contribution >= 4 is 17.6 Å². The Morgan fingerprint density at radius 2 is 2.23 bits per heavy atom. The van der Waals surface area contributed by atoms with Gasteiger partial charge in [-0.1, -0.05) is 20.4 Å². The summed E-state index contributed by atoms with van der Waals surface area (Å²) in [6, 6.07) is 0.264. The van der Waals surface area contributed by atoms with Crippen LogP contribution in [-0.4, -0.2) is 60.3 Å². The second-order valence-electron chi connectivity index (χ2n) is 5.07. The Morgan fingerprint density at radius 3 is 2.69 bits per heavy atom. The molecule has 1 fully saturated rings. The number of amides is 2. The molecule has 26 heavy (non-hydrogen) atoms. The van der Waals surface area contributed by atoms with Crippen LogP contribution in [-0.2, 0) is 9.53 Å². The highest BCUT2D eigenvalue weighted by Crippen LogP contribution is 2.17. The molecule has 1 aliphatic rings. The van der Waals surface area contributed by atoms with E-state index in [1.165, 1.54) is 6.08 Å². The van der Waals surface area contributed by atoms with E-state index in [0.717, 1.165) is 19.4 Å². The summed E-state index contributed by atoms with van der Waals surface area (Å²) >= 11 is 0. The summed E-state index contributed by atoms with van der Waals surface area (Å²) in [7, 11) is 3.29. The number of nitrogens with one attached hydrogen (secondary N) is 2. The number of H-pyrrole nitrogens is 1. The van der Waals surface area contributed by atoms with E-state index >= 15 is 0 Å². The molecule has 1 atom stereocenters. The maximum absolute atomic E-state index is 11.3. The first kappa shape index (κ1) is 23.2. The third kappa shape index (κ3) is 6.26. The van der Waals surface area contributed by atoms with Gasteiger partial charge in [-0.25, -0.2) is 0 Å². The van der Waals surface area contributed by atoms with Gasteiger partial charge in [-0.2, -0.15) is 5.10 Å². The summed E-state index contributed by atoms with van der Waals surface area (Å²) in [5.41, 5.74) is 5.60. The number of hydrogen-bond acceptors (Lipinski definition) is 5. The molecule has 1 saturated heterocycles. The molecular formula is C18H29N5O3. The third-order valence-corrected chi connectivity index (χ3v) is 3.59. The van der Waals surface area contributed by atoms with Crippen molar-refractivity contribution in [2.75, 3.05) is 32.6 Å². The van der Waals surface area contributed by atoms with Crippen molar-refractivity contribution in [2.45, 2.75) is 32.7 Å². The molecule has 144 valence electrons. The van der Waals surface area contributed by atoms with Crippen molar-refractivity contribution in [2.24, 2.45) is 5.73 Å². The molecule has 0 aliphatic carbocycles. The number of terminal acetylenes is 1. The molecule has 0 bridgehead atoms. The Kier molecular flexibility index (Phi) is 11.2. The van der Waals surface area contributed by atoms with Gasteiger partial charge in [-0.15, -0.1) is 6.42 Å². The lowest BCUT2D eigenvalue weighted by atomic mass is 10.2. The summed E-state index contributed by atoms with van der Waals surface area (Å²) in [4.78, 5) is 23.9. The van der Waals surface area contributed by atoms with Crippen LogP contribution in [0.1, 0.15) is 42.7 Å². The van der Waals surface area contributed by atoms with Crippen LogP contribution >= 0.6 is 0 Å². The van der Waals surface area contributed by atoms with Crippen molar-refractivity contribution in [3.8, 4) is 12.3 Å². The molecule has 1 unspecified atom stereocenters. The fraction of sp³-hybridized carbons (Fsp3) is 0.500. The average Bonchev–Trinajstić information content (AvgIpc) is 3.29. The number of aromatic nitrogens is 2. The first-order valence-electron chi connectivity index (χ1n) is 8.44. The van der Waals surface area contributed by atoms with Crippen LogP contribution in [0, 0.1) is 12.3 Å². The van der Waals surface area contributed by atoms with Gasteiger partial charge in [-0.05, 0) is 24.8 Å². The number of anilines is 1. The standard InChI is InChI=1S/C9H15NO2.C7H8N4O.C2H6/c1-3-9(11)10-6-4-5-8(10)7-12-2;1-3-4-5(6(8)12)7(9-2)11-10-4;1-2/h3,8H,1,4-7H2,2H3;1H,2H3,(H2,8,12)(H2,9,10,11);1-2H3. The fourth-order valence-corrected chi connectivity index (χ4v) is 2.48. The Balaban J connectivity index is 0.000000439. The predicted octanol–water partition coefficient (Wildman–Crippen LogP) is 1.37. The molecule has 4 N–H and O–H groups in total. The third-order valence-electron chi connectivity index (χ3n) is 3.59. The van der Waals surface area contributed by atoms with Crippen molar-refractivity contribution in [3.05, 3.63) is 23.9 Å². The molecule has 8 heteroatoms. The smallest absolute Gasteiger partial charge is 0.255 e. The maximum Gasteiger partial charge on any atom is 0.255 e. The van der Waals surface area contributed by atoms with Gasteiger partial charge in [0.05, 0.1) is 12.6 Å². The van der Waals surface area contributed by atoms with Crippen LogP contribution in [0.15, 0.2) is 12.7 Å². The van der Waals surface area contributed by atoms with E-state index < -0.39 is 5.91 Å². The van der Waals surface area contributed by atoms with Crippen molar-refractivity contribution < 1.29 is 14.3 Å². The van der Waals surface area contributed by atoms with Gasteiger partial charge in [0.15, 0.2) is 5.82 Å². The number of primary amides is 1. The monoisotopic (exact) mass is 363 g/mol. The van der Waals surface area contributed by atoms with Crippen LogP contribution in [0.2, 0.25) is 0 Å². The topological polar surface area (TPSA) is 113 Å². The molecule has 2 rings (SSSR count). The van der Waals surface area contributed by atoms with Gasteiger partial charge in [-0.3, -0.25) is 14.7 Å². The summed E-state index contributed by atoms with van der Waals surface area (Å²) in [6.45, 7) is 8.95. The zero-order valence-corrected chi connectivity index (χ0v) is 16.0. The number of aromatic amines is 1. The minimum Gasteiger partial charge on any atom is -0.383 e. The molecule has 0 aromatic carbocycles. The molecule has 0 radical (unpaired) electrons. The normalized spacial score (nSPS) is 14.9. The Bertz CT molecular complexity index is 633. The lowest BCUT2D eigenvalue weighted by Gasteiger charge is -2.22. The van der Waals surface area contributed by atoms with Crippen molar-refractivity contribution in [3.63, 3.8) is 0 Å². The predicted molar refractivity (Wildman–Crippen MR) is 103 cm³/mol. The highest BCUT2D eigenvalue weighted by atomic mass is 16.5. The van der Waals surface area contributed by atoms with Crippen LogP contribution in [0.4, 0.5) is 5.82 Å². The summed E-state index contributed by atoms with van der Waals surface area (Å²) in [5, 5.41) is 8.95. The highest BCUT2D eigenvalue weighted by molar-refractivity contribution is 5.99. The lowest BCUT2D eigenvalue weighted by Crippen LogP contribution is -2.36. The fourth-order valence-electron chi connectivity index (χ4n) is 2.48. The minimum absolute atomic E-state index is 0.0227. The van der Waals surface area contributed by atoms with Gasteiger partial charge in [0.25, 0.3) is 5.91 Å². The molecule has 1 aliphatic heterocycles. The number of rotatable bonds is 5. The SMILES string of the molecule is C#Cc1[nH]nc(NC)c1C(N)=O.C=CC(=O)N1CCCC1COC.CC. The average molecular weight is 363 g/mol. The van der Waals surface area contributed by atoms with Crippen LogP contribution in [0.5, 0.6) is 0 Å². The number of nitrogens with zero attached hydrogens (tertiary/aromatic N) is 2. The van der Waals surface area contributed by atoms with Crippen molar-refractivity contribution in [1.29, 1.82) is 0 Å². The summed E-state index contributed by atoms with van der Waals surface area (Å²) < 4.78 is 5.02. The summed E-state index contributed by atoms with van der Waals surface area (Å²) in [5.74, 6) is 2.07. The Hall–Kier alpha value is -2.79. The van der Waals surface area contributed by atoms with Gasteiger partial charge in [0.1, 0.15) is 11.3 Å². The zero-order chi connectivity index (χ0) is 20.1. The molecular weight excluding hydrogens is 334 g/mol. The molecule has 1 aromatic rings. The zero-order valence-electron chi connectivity index (χ0n) is 16.0. The van der Waals surface area contributed by atoms with Gasteiger partial charge in [0.2, 0.25) is 5.91 Å². The second kappa shape index (κ2) is 12.6. The molecule has 0 spiro atoms. The minimum atomic E-state index is -0.596.